The molecule has 0 bridgehead atoms. The Morgan fingerprint density at radius 1 is 1.40 bits per heavy atom. The summed E-state index contributed by atoms with van der Waals surface area (Å²) in [6.07, 6.45) is 1.05. The highest BCUT2D eigenvalue weighted by atomic mass is 32.1. The Morgan fingerprint density at radius 3 is 2.00 bits per heavy atom. The lowest BCUT2D eigenvalue weighted by molar-refractivity contribution is 0.194. The Hall–Kier alpha value is 0.310. The fourth-order valence-corrected chi connectivity index (χ4v) is 1.30. The second kappa shape index (κ2) is 4.24. The fourth-order valence-electron chi connectivity index (χ4n) is 1.05. The van der Waals surface area contributed by atoms with E-state index in [2.05, 4.69) is 33.4 Å². The number of aliphatic hydroxyl groups is 1. The van der Waals surface area contributed by atoms with Gasteiger partial charge in [-0.3, -0.25) is 0 Å². The van der Waals surface area contributed by atoms with Crippen LogP contribution in [0.3, 0.4) is 0 Å². The molecule has 1 atom stereocenters. The Labute approximate surface area is 69.2 Å². The maximum atomic E-state index is 8.84. The van der Waals surface area contributed by atoms with Gasteiger partial charge in [0.15, 0.2) is 0 Å². The zero-order chi connectivity index (χ0) is 8.20. The minimum absolute atomic E-state index is 0.265. The van der Waals surface area contributed by atoms with E-state index in [0.717, 1.165) is 12.2 Å². The van der Waals surface area contributed by atoms with Gasteiger partial charge in [-0.05, 0) is 23.5 Å². The summed E-state index contributed by atoms with van der Waals surface area (Å²) >= 11 is 4.15. The molecule has 0 aromatic carbocycles. The van der Waals surface area contributed by atoms with E-state index in [9.17, 15) is 0 Å². The molecule has 1 nitrogen and oxygen atoms in total. The molecule has 0 aliphatic carbocycles. The third kappa shape index (κ3) is 5.12. The Balaban J connectivity index is 3.63. The van der Waals surface area contributed by atoms with E-state index in [4.69, 9.17) is 5.11 Å². The van der Waals surface area contributed by atoms with Crippen LogP contribution in [0.4, 0.5) is 0 Å². The Kier molecular flexibility index (Phi) is 4.37. The summed E-state index contributed by atoms with van der Waals surface area (Å²) < 4.78 is 0. The maximum absolute atomic E-state index is 8.84. The normalized spacial score (nSPS) is 15.3. The SMILES string of the molecule is CC(C)(C)CC(CO)CS. The Bertz CT molecular complexity index is 81.7. The van der Waals surface area contributed by atoms with E-state index < -0.39 is 0 Å². The van der Waals surface area contributed by atoms with Crippen molar-refractivity contribution < 1.29 is 5.11 Å². The first-order valence-corrected chi connectivity index (χ1v) is 4.34. The third-order valence-corrected chi connectivity index (χ3v) is 1.93. The number of thiol groups is 1. The van der Waals surface area contributed by atoms with Gasteiger partial charge >= 0.3 is 0 Å². The van der Waals surface area contributed by atoms with E-state index >= 15 is 0 Å². The first kappa shape index (κ1) is 10.3. The van der Waals surface area contributed by atoms with Gasteiger partial charge in [0.05, 0.1) is 0 Å². The van der Waals surface area contributed by atoms with Crippen LogP contribution in [0.1, 0.15) is 27.2 Å². The zero-order valence-electron chi connectivity index (χ0n) is 7.09. The average molecular weight is 162 g/mol. The molecule has 0 saturated heterocycles. The lowest BCUT2D eigenvalue weighted by Gasteiger charge is -2.23. The molecule has 1 unspecified atom stereocenters. The predicted octanol–water partition coefficient (Wildman–Crippen LogP) is 1.96. The summed E-state index contributed by atoms with van der Waals surface area (Å²) in [5.41, 5.74) is 0.316. The van der Waals surface area contributed by atoms with Crippen LogP contribution in [-0.4, -0.2) is 17.5 Å². The average Bonchev–Trinajstić information content (AvgIpc) is 1.81. The van der Waals surface area contributed by atoms with Crippen LogP contribution in [0.5, 0.6) is 0 Å². The molecule has 0 heterocycles. The molecule has 62 valence electrons. The van der Waals surface area contributed by atoms with E-state index in [0.29, 0.717) is 11.3 Å². The van der Waals surface area contributed by atoms with Gasteiger partial charge in [0.2, 0.25) is 0 Å². The molecule has 0 aliphatic heterocycles. The van der Waals surface area contributed by atoms with Gasteiger partial charge in [-0.2, -0.15) is 12.6 Å². The van der Waals surface area contributed by atoms with Crippen molar-refractivity contribution in [3.8, 4) is 0 Å². The number of hydrogen-bond donors (Lipinski definition) is 2. The van der Waals surface area contributed by atoms with Crippen LogP contribution in [0.25, 0.3) is 0 Å². The molecule has 0 radical (unpaired) electrons. The summed E-state index contributed by atoms with van der Waals surface area (Å²) in [5, 5.41) is 8.84. The first-order valence-electron chi connectivity index (χ1n) is 3.71. The molecular weight excluding hydrogens is 144 g/mol. The largest absolute Gasteiger partial charge is 0.396 e. The van der Waals surface area contributed by atoms with Gasteiger partial charge in [-0.15, -0.1) is 0 Å². The summed E-state index contributed by atoms with van der Waals surface area (Å²) in [6.45, 7) is 6.80. The standard InChI is InChI=1S/C8H18OS/c1-8(2,3)4-7(5-9)6-10/h7,9-10H,4-6H2,1-3H3. The topological polar surface area (TPSA) is 20.2 Å². The van der Waals surface area contributed by atoms with Crippen LogP contribution in [0.2, 0.25) is 0 Å². The molecule has 1 N–H and O–H groups in total. The lowest BCUT2D eigenvalue weighted by Crippen LogP contribution is -2.17. The molecule has 0 fully saturated rings. The van der Waals surface area contributed by atoms with Crippen molar-refractivity contribution >= 4 is 12.6 Å². The highest BCUT2D eigenvalue weighted by molar-refractivity contribution is 7.80. The van der Waals surface area contributed by atoms with Gasteiger partial charge in [0, 0.05) is 6.61 Å². The minimum Gasteiger partial charge on any atom is -0.396 e. The van der Waals surface area contributed by atoms with E-state index in [1.165, 1.54) is 0 Å². The van der Waals surface area contributed by atoms with Gasteiger partial charge in [0.1, 0.15) is 0 Å². The first-order chi connectivity index (χ1) is 4.49. The van der Waals surface area contributed by atoms with Crippen LogP contribution in [0.15, 0.2) is 0 Å². The van der Waals surface area contributed by atoms with Crippen LogP contribution in [0, 0.1) is 11.3 Å². The van der Waals surface area contributed by atoms with Crippen LogP contribution < -0.4 is 0 Å². The second-order valence-corrected chi connectivity index (χ2v) is 4.36. The summed E-state index contributed by atoms with van der Waals surface area (Å²) in [4.78, 5) is 0. The van der Waals surface area contributed by atoms with Crippen molar-refractivity contribution in [2.24, 2.45) is 11.3 Å². The molecule has 0 spiro atoms. The highest BCUT2D eigenvalue weighted by Gasteiger charge is 2.16. The van der Waals surface area contributed by atoms with Crippen molar-refractivity contribution in [1.82, 2.24) is 0 Å². The zero-order valence-corrected chi connectivity index (χ0v) is 7.99. The quantitative estimate of drug-likeness (QED) is 0.608. The molecule has 0 aliphatic rings. The smallest absolute Gasteiger partial charge is 0.0467 e. The van der Waals surface area contributed by atoms with Crippen LogP contribution >= 0.6 is 12.6 Å². The summed E-state index contributed by atoms with van der Waals surface area (Å²) in [5.74, 6) is 1.15. The Morgan fingerprint density at radius 2 is 1.90 bits per heavy atom. The van der Waals surface area contributed by atoms with E-state index in [1.54, 1.807) is 0 Å². The number of aliphatic hydroxyl groups excluding tert-OH is 1. The van der Waals surface area contributed by atoms with Gasteiger partial charge < -0.3 is 5.11 Å². The molecule has 0 aromatic heterocycles. The summed E-state index contributed by atoms with van der Waals surface area (Å²) in [7, 11) is 0. The van der Waals surface area contributed by atoms with Crippen molar-refractivity contribution in [2.75, 3.05) is 12.4 Å². The highest BCUT2D eigenvalue weighted by Crippen LogP contribution is 2.24. The second-order valence-electron chi connectivity index (χ2n) is 4.00. The molecule has 0 aromatic rings. The third-order valence-electron chi connectivity index (χ3n) is 1.42. The molecule has 0 saturated carbocycles. The predicted molar refractivity (Wildman–Crippen MR) is 48.5 cm³/mol. The molecular formula is C8H18OS. The lowest BCUT2D eigenvalue weighted by atomic mass is 9.86. The van der Waals surface area contributed by atoms with Gasteiger partial charge in [-0.25, -0.2) is 0 Å². The van der Waals surface area contributed by atoms with Crippen molar-refractivity contribution in [3.05, 3.63) is 0 Å². The van der Waals surface area contributed by atoms with Gasteiger partial charge in [-0.1, -0.05) is 20.8 Å². The molecule has 10 heavy (non-hydrogen) atoms. The number of rotatable bonds is 3. The minimum atomic E-state index is 0.265. The number of hydrogen-bond acceptors (Lipinski definition) is 2. The van der Waals surface area contributed by atoms with E-state index in [-0.39, 0.29) is 6.61 Å². The van der Waals surface area contributed by atoms with Crippen LogP contribution in [-0.2, 0) is 0 Å². The molecule has 0 amide bonds. The van der Waals surface area contributed by atoms with E-state index in [1.807, 2.05) is 0 Å². The fraction of sp³-hybridized carbons (Fsp3) is 1.00. The van der Waals surface area contributed by atoms with Gasteiger partial charge in [0.25, 0.3) is 0 Å². The van der Waals surface area contributed by atoms with Crippen molar-refractivity contribution in [2.45, 2.75) is 27.2 Å². The van der Waals surface area contributed by atoms with Crippen molar-refractivity contribution in [3.63, 3.8) is 0 Å². The van der Waals surface area contributed by atoms with Crippen molar-refractivity contribution in [1.29, 1.82) is 0 Å². The maximum Gasteiger partial charge on any atom is 0.0467 e. The molecule has 0 rings (SSSR count). The molecule has 2 heteroatoms. The monoisotopic (exact) mass is 162 g/mol. The summed E-state index contributed by atoms with van der Waals surface area (Å²) in [6, 6.07) is 0.